The zero-order valence-corrected chi connectivity index (χ0v) is 19.8. The molecule has 6 nitrogen and oxygen atoms in total. The molecule has 2 amide bonds. The maximum atomic E-state index is 13.9. The summed E-state index contributed by atoms with van der Waals surface area (Å²) < 4.78 is 6.24. The molecule has 1 spiro atoms. The molecule has 0 bridgehead atoms. The third kappa shape index (κ3) is 2.88. The molecular formula is C27H17Cl2NO5. The van der Waals surface area contributed by atoms with Gasteiger partial charge in [-0.15, -0.1) is 0 Å². The highest BCUT2D eigenvalue weighted by Gasteiger charge is 2.74. The number of amides is 2. The molecule has 0 N–H and O–H groups in total. The molecule has 2 aliphatic heterocycles. The molecule has 3 aromatic rings. The van der Waals surface area contributed by atoms with Gasteiger partial charge in [-0.2, -0.15) is 0 Å². The van der Waals surface area contributed by atoms with Crippen LogP contribution in [0.25, 0.3) is 0 Å². The molecule has 1 aliphatic carbocycles. The molecule has 2 heterocycles. The van der Waals surface area contributed by atoms with E-state index in [2.05, 4.69) is 0 Å². The van der Waals surface area contributed by atoms with E-state index in [4.69, 9.17) is 27.9 Å². The summed E-state index contributed by atoms with van der Waals surface area (Å²) in [5.74, 6) is -4.81. The van der Waals surface area contributed by atoms with Gasteiger partial charge in [0.2, 0.25) is 29.0 Å². The van der Waals surface area contributed by atoms with Crippen molar-refractivity contribution >= 4 is 52.3 Å². The van der Waals surface area contributed by atoms with E-state index in [1.165, 1.54) is 18.2 Å². The number of carbonyl (C=O) groups is 4. The van der Waals surface area contributed by atoms with E-state index in [9.17, 15) is 19.2 Å². The van der Waals surface area contributed by atoms with E-state index in [1.54, 1.807) is 55.5 Å². The van der Waals surface area contributed by atoms with E-state index in [0.717, 1.165) is 10.5 Å². The van der Waals surface area contributed by atoms with Gasteiger partial charge in [-0.25, -0.2) is 4.90 Å². The highest BCUT2D eigenvalue weighted by Crippen LogP contribution is 2.57. The van der Waals surface area contributed by atoms with Crippen LogP contribution in [0.3, 0.4) is 0 Å². The number of benzene rings is 3. The van der Waals surface area contributed by atoms with Gasteiger partial charge in [-0.1, -0.05) is 65.7 Å². The molecule has 0 saturated carbocycles. The van der Waals surface area contributed by atoms with Crippen LogP contribution < -0.4 is 4.90 Å². The van der Waals surface area contributed by atoms with Gasteiger partial charge >= 0.3 is 0 Å². The molecule has 0 unspecified atom stereocenters. The largest absolute Gasteiger partial charge is 0.349 e. The van der Waals surface area contributed by atoms with Crippen LogP contribution in [0.15, 0.2) is 66.7 Å². The van der Waals surface area contributed by atoms with Crippen molar-refractivity contribution in [1.82, 2.24) is 0 Å². The van der Waals surface area contributed by atoms with E-state index in [0.29, 0.717) is 15.6 Å². The number of hydrogen-bond donors (Lipinski definition) is 0. The van der Waals surface area contributed by atoms with Crippen molar-refractivity contribution in [3.05, 3.63) is 99.0 Å². The average Bonchev–Trinajstić information content (AvgIpc) is 3.41. The topological polar surface area (TPSA) is 80.8 Å². The predicted octanol–water partition coefficient (Wildman–Crippen LogP) is 5.00. The fourth-order valence-electron chi connectivity index (χ4n) is 5.45. The van der Waals surface area contributed by atoms with Crippen molar-refractivity contribution in [2.24, 2.45) is 11.8 Å². The predicted molar refractivity (Wildman–Crippen MR) is 129 cm³/mol. The molecule has 2 saturated heterocycles. The standard InChI is InChI=1S/C27H17Cl2NO5/c1-13-6-11-16(12-19(13)29)30-25(33)20-21(26(30)34)27(35-22(20)14-7-9-15(28)10-8-14)23(31)17-4-2-3-5-18(17)24(27)32/h2-12,20-22H,1H3/t20-,21+,22-/m0/s1. The average molecular weight is 506 g/mol. The number of ether oxygens (including phenoxy) is 1. The number of ketones is 2. The SMILES string of the molecule is Cc1ccc(N2C(=O)[C@@H]3[C@H](c4ccc(Cl)cc4)OC4(C(=O)c5ccccc5C4=O)[C@H]3C2=O)cc1Cl. The van der Waals surface area contributed by atoms with Crippen molar-refractivity contribution in [2.75, 3.05) is 4.90 Å². The van der Waals surface area contributed by atoms with Crippen LogP contribution in [-0.4, -0.2) is 29.0 Å². The number of carbonyl (C=O) groups excluding carboxylic acids is 4. The number of rotatable bonds is 2. The first kappa shape index (κ1) is 22.2. The summed E-state index contributed by atoms with van der Waals surface area (Å²) in [4.78, 5) is 56.2. The lowest BCUT2D eigenvalue weighted by Crippen LogP contribution is -2.51. The van der Waals surface area contributed by atoms with Crippen molar-refractivity contribution in [3.8, 4) is 0 Å². The second-order valence-electron chi connectivity index (χ2n) is 8.98. The van der Waals surface area contributed by atoms with Gasteiger partial charge in [0, 0.05) is 21.2 Å². The Balaban J connectivity index is 1.54. The molecule has 3 atom stereocenters. The number of aryl methyl sites for hydroxylation is 1. The maximum absolute atomic E-state index is 13.9. The first-order valence-corrected chi connectivity index (χ1v) is 11.8. The van der Waals surface area contributed by atoms with Crippen LogP contribution >= 0.6 is 23.2 Å². The van der Waals surface area contributed by atoms with Crippen LogP contribution in [0.4, 0.5) is 5.69 Å². The Morgan fingerprint density at radius 3 is 2.06 bits per heavy atom. The minimum atomic E-state index is -2.12. The number of fused-ring (bicyclic) bond motifs is 3. The lowest BCUT2D eigenvalue weighted by molar-refractivity contribution is -0.127. The van der Waals surface area contributed by atoms with Gasteiger partial charge in [0.25, 0.3) is 0 Å². The molecule has 6 rings (SSSR count). The minimum Gasteiger partial charge on any atom is -0.349 e. The van der Waals surface area contributed by atoms with Gasteiger partial charge in [-0.05, 0) is 42.3 Å². The van der Waals surface area contributed by atoms with Crippen LogP contribution in [0.1, 0.15) is 37.9 Å². The Bertz CT molecular complexity index is 1430. The first-order valence-electron chi connectivity index (χ1n) is 11.0. The lowest BCUT2D eigenvalue weighted by atomic mass is 9.77. The van der Waals surface area contributed by atoms with Crippen LogP contribution in [-0.2, 0) is 14.3 Å². The van der Waals surface area contributed by atoms with Gasteiger partial charge in [-0.3, -0.25) is 19.2 Å². The van der Waals surface area contributed by atoms with Crippen molar-refractivity contribution in [1.29, 1.82) is 0 Å². The third-order valence-corrected chi connectivity index (χ3v) is 7.79. The zero-order chi connectivity index (χ0) is 24.6. The molecule has 35 heavy (non-hydrogen) atoms. The number of anilines is 1. The molecule has 174 valence electrons. The quantitative estimate of drug-likeness (QED) is 0.361. The third-order valence-electron chi connectivity index (χ3n) is 7.13. The molecular weight excluding hydrogens is 489 g/mol. The number of imide groups is 1. The summed E-state index contributed by atoms with van der Waals surface area (Å²) in [7, 11) is 0. The number of halogens is 2. The number of Topliss-reactive ketones (excluding diaryl/α,β-unsaturated/α-hetero) is 2. The second-order valence-corrected chi connectivity index (χ2v) is 9.82. The highest BCUT2D eigenvalue weighted by molar-refractivity contribution is 6.37. The zero-order valence-electron chi connectivity index (χ0n) is 18.3. The summed E-state index contributed by atoms with van der Waals surface area (Å²) in [6.07, 6.45) is -0.998. The Labute approximate surface area is 210 Å². The van der Waals surface area contributed by atoms with Crippen molar-refractivity contribution < 1.29 is 23.9 Å². The van der Waals surface area contributed by atoms with Crippen molar-refractivity contribution in [3.63, 3.8) is 0 Å². The first-order chi connectivity index (χ1) is 16.8. The summed E-state index contributed by atoms with van der Waals surface area (Å²) in [5.41, 5.74) is -0.136. The van der Waals surface area contributed by atoms with Crippen molar-refractivity contribution in [2.45, 2.75) is 18.6 Å². The van der Waals surface area contributed by atoms with Gasteiger partial charge in [0.1, 0.15) is 0 Å². The normalized spacial score (nSPS) is 24.4. The number of hydrogen-bond acceptors (Lipinski definition) is 5. The Morgan fingerprint density at radius 1 is 0.829 bits per heavy atom. The van der Waals surface area contributed by atoms with E-state index in [-0.39, 0.29) is 16.8 Å². The smallest absolute Gasteiger partial charge is 0.241 e. The lowest BCUT2D eigenvalue weighted by Gasteiger charge is -2.27. The van der Waals surface area contributed by atoms with Gasteiger partial charge < -0.3 is 4.74 Å². The van der Waals surface area contributed by atoms with Crippen LogP contribution in [0, 0.1) is 18.8 Å². The molecule has 2 fully saturated rings. The van der Waals surface area contributed by atoms with E-state index < -0.39 is 46.9 Å². The fourth-order valence-corrected chi connectivity index (χ4v) is 5.75. The maximum Gasteiger partial charge on any atom is 0.241 e. The monoisotopic (exact) mass is 505 g/mol. The molecule has 0 aromatic heterocycles. The number of nitrogens with zero attached hydrogens (tertiary/aromatic N) is 1. The minimum absolute atomic E-state index is 0.185. The van der Waals surface area contributed by atoms with Crippen LogP contribution in [0.5, 0.6) is 0 Å². The van der Waals surface area contributed by atoms with Gasteiger partial charge in [0.15, 0.2) is 0 Å². The summed E-state index contributed by atoms with van der Waals surface area (Å²) >= 11 is 12.3. The van der Waals surface area contributed by atoms with E-state index in [1.807, 2.05) is 0 Å². The second kappa shape index (κ2) is 7.59. The Hall–Kier alpha value is -3.32. The summed E-state index contributed by atoms with van der Waals surface area (Å²) in [5, 5.41) is 0.865. The molecule has 0 radical (unpaired) electrons. The molecule has 3 aliphatic rings. The summed E-state index contributed by atoms with van der Waals surface area (Å²) in [6, 6.07) is 17.8. The van der Waals surface area contributed by atoms with E-state index >= 15 is 0 Å². The fraction of sp³-hybridized carbons (Fsp3) is 0.185. The summed E-state index contributed by atoms with van der Waals surface area (Å²) in [6.45, 7) is 1.81. The van der Waals surface area contributed by atoms with Crippen LogP contribution in [0.2, 0.25) is 10.0 Å². The highest BCUT2D eigenvalue weighted by atomic mass is 35.5. The van der Waals surface area contributed by atoms with Gasteiger partial charge in [0.05, 0.1) is 23.6 Å². The Morgan fingerprint density at radius 2 is 1.46 bits per heavy atom. The molecule has 8 heteroatoms. The Kier molecular flexibility index (Phi) is 4.81. The molecule has 3 aromatic carbocycles.